The van der Waals surface area contributed by atoms with Gasteiger partial charge >= 0.3 is 0 Å². The van der Waals surface area contributed by atoms with Gasteiger partial charge in [0.2, 0.25) is 5.91 Å². The van der Waals surface area contributed by atoms with E-state index in [0.29, 0.717) is 36.7 Å². The molecule has 2 saturated heterocycles. The number of likely N-dealkylation sites (tertiary alicyclic amines) is 2. The third kappa shape index (κ3) is 6.41. The Hall–Kier alpha value is -2.80. The molecule has 0 aliphatic carbocycles. The number of hydrogen-bond acceptors (Lipinski definition) is 4. The summed E-state index contributed by atoms with van der Waals surface area (Å²) in [5.74, 6) is -0.114. The molecule has 2 amide bonds. The number of carbonyl (C=O) groups is 2. The molecule has 6 nitrogen and oxygen atoms in total. The van der Waals surface area contributed by atoms with Crippen molar-refractivity contribution in [3.8, 4) is 11.5 Å². The predicted molar refractivity (Wildman–Crippen MR) is 127 cm³/mol. The van der Waals surface area contributed by atoms with Crippen LogP contribution >= 0.6 is 11.6 Å². The topological polar surface area (TPSA) is 59.1 Å². The lowest BCUT2D eigenvalue weighted by molar-refractivity contribution is -0.140. The molecule has 0 radical (unpaired) electrons. The molecule has 0 aromatic heterocycles. The molecule has 0 bridgehead atoms. The van der Waals surface area contributed by atoms with Gasteiger partial charge in [0.1, 0.15) is 11.9 Å². The number of piperidine rings is 2. The monoisotopic (exact) mass is 488 g/mol. The Labute approximate surface area is 204 Å². The quantitative estimate of drug-likeness (QED) is 0.573. The van der Waals surface area contributed by atoms with E-state index in [4.69, 9.17) is 21.1 Å². The maximum atomic E-state index is 13.8. The minimum absolute atomic E-state index is 0.0480. The van der Waals surface area contributed by atoms with Crippen LogP contribution in [0.2, 0.25) is 5.02 Å². The zero-order valence-corrected chi connectivity index (χ0v) is 19.9. The number of amides is 2. The van der Waals surface area contributed by atoms with Gasteiger partial charge < -0.3 is 19.3 Å². The molecule has 2 aromatic carbocycles. The second-order valence-electron chi connectivity index (χ2n) is 8.87. The van der Waals surface area contributed by atoms with Gasteiger partial charge in [-0.1, -0.05) is 29.8 Å². The molecule has 2 aromatic rings. The standard InChI is InChI=1S/C26H30ClFN2O4/c27-20-7-6-8-21(16-20)34-23-11-14-30(26(32)18-33-24-10-3-2-9-22(24)28)17-19(23)15-25(31)29-12-4-1-5-13-29/h2-3,6-10,16,19,23H,1,4-5,11-15,17-18H2/t19-,23-/m0/s1. The molecular formula is C26H30ClFN2O4. The summed E-state index contributed by atoms with van der Waals surface area (Å²) >= 11 is 6.11. The number of halogens is 2. The van der Waals surface area contributed by atoms with Crippen LogP contribution in [-0.2, 0) is 9.59 Å². The van der Waals surface area contributed by atoms with Gasteiger partial charge in [-0.25, -0.2) is 4.39 Å². The van der Waals surface area contributed by atoms with Gasteiger partial charge in [0.15, 0.2) is 18.2 Å². The first-order chi connectivity index (χ1) is 16.5. The maximum Gasteiger partial charge on any atom is 0.260 e. The van der Waals surface area contributed by atoms with E-state index in [1.54, 1.807) is 29.2 Å². The minimum Gasteiger partial charge on any atom is -0.490 e. The summed E-state index contributed by atoms with van der Waals surface area (Å²) in [5, 5.41) is 0.580. The van der Waals surface area contributed by atoms with Crippen molar-refractivity contribution in [2.24, 2.45) is 5.92 Å². The van der Waals surface area contributed by atoms with E-state index >= 15 is 0 Å². The number of benzene rings is 2. The number of ether oxygens (including phenoxy) is 2. The first-order valence-corrected chi connectivity index (χ1v) is 12.2. The van der Waals surface area contributed by atoms with Crippen molar-refractivity contribution >= 4 is 23.4 Å². The van der Waals surface area contributed by atoms with Crippen molar-refractivity contribution in [2.75, 3.05) is 32.8 Å². The number of rotatable bonds is 7. The molecule has 0 spiro atoms. The average molecular weight is 489 g/mol. The van der Waals surface area contributed by atoms with Gasteiger partial charge in [0.05, 0.1) is 0 Å². The highest BCUT2D eigenvalue weighted by Gasteiger charge is 2.35. The first-order valence-electron chi connectivity index (χ1n) is 11.8. The molecule has 0 unspecified atom stereocenters. The van der Waals surface area contributed by atoms with Crippen LogP contribution in [0.15, 0.2) is 48.5 Å². The molecule has 2 aliphatic rings. The summed E-state index contributed by atoms with van der Waals surface area (Å²) in [4.78, 5) is 29.5. The highest BCUT2D eigenvalue weighted by Crippen LogP contribution is 2.28. The Balaban J connectivity index is 1.42. The van der Waals surface area contributed by atoms with E-state index in [1.807, 2.05) is 17.0 Å². The third-order valence-corrected chi connectivity index (χ3v) is 6.67. The highest BCUT2D eigenvalue weighted by molar-refractivity contribution is 6.30. The summed E-state index contributed by atoms with van der Waals surface area (Å²) in [7, 11) is 0. The Morgan fingerprint density at radius 2 is 1.76 bits per heavy atom. The number of nitrogens with zero attached hydrogens (tertiary/aromatic N) is 2. The van der Waals surface area contributed by atoms with Crippen LogP contribution in [0.3, 0.4) is 0 Å². The van der Waals surface area contributed by atoms with E-state index < -0.39 is 5.82 Å². The van der Waals surface area contributed by atoms with Crippen LogP contribution in [0.5, 0.6) is 11.5 Å². The zero-order chi connectivity index (χ0) is 23.9. The van der Waals surface area contributed by atoms with Crippen LogP contribution in [0.1, 0.15) is 32.1 Å². The zero-order valence-electron chi connectivity index (χ0n) is 19.1. The molecule has 182 valence electrons. The van der Waals surface area contributed by atoms with Crippen LogP contribution in [0.25, 0.3) is 0 Å². The number of hydrogen-bond donors (Lipinski definition) is 0. The molecule has 2 aliphatic heterocycles. The van der Waals surface area contributed by atoms with Crippen molar-refractivity contribution in [3.05, 3.63) is 59.4 Å². The van der Waals surface area contributed by atoms with Crippen molar-refractivity contribution in [2.45, 2.75) is 38.2 Å². The molecule has 8 heteroatoms. The van der Waals surface area contributed by atoms with Crippen LogP contribution in [0, 0.1) is 11.7 Å². The van der Waals surface area contributed by atoms with Gasteiger partial charge in [-0.3, -0.25) is 9.59 Å². The van der Waals surface area contributed by atoms with E-state index in [1.165, 1.54) is 12.1 Å². The fourth-order valence-electron chi connectivity index (χ4n) is 4.59. The normalized spacial score (nSPS) is 20.6. The predicted octanol–water partition coefficient (Wildman–Crippen LogP) is 4.56. The Morgan fingerprint density at radius 3 is 2.53 bits per heavy atom. The van der Waals surface area contributed by atoms with E-state index in [2.05, 4.69) is 0 Å². The Bertz CT molecular complexity index is 998. The van der Waals surface area contributed by atoms with Crippen LogP contribution in [0.4, 0.5) is 4.39 Å². The number of carbonyl (C=O) groups excluding carboxylic acids is 2. The lowest BCUT2D eigenvalue weighted by atomic mass is 9.90. The lowest BCUT2D eigenvalue weighted by Crippen LogP contribution is -2.50. The van der Waals surface area contributed by atoms with E-state index in [0.717, 1.165) is 32.4 Å². The van der Waals surface area contributed by atoms with Crippen molar-refractivity contribution < 1.29 is 23.5 Å². The molecule has 2 heterocycles. The molecule has 0 N–H and O–H groups in total. The molecule has 2 atom stereocenters. The van der Waals surface area contributed by atoms with Gasteiger partial charge in [-0.15, -0.1) is 0 Å². The van der Waals surface area contributed by atoms with Gasteiger partial charge in [-0.05, 0) is 49.6 Å². The molecule has 4 rings (SSSR count). The van der Waals surface area contributed by atoms with Crippen LogP contribution < -0.4 is 9.47 Å². The smallest absolute Gasteiger partial charge is 0.260 e. The minimum atomic E-state index is -0.506. The van der Waals surface area contributed by atoms with Crippen LogP contribution in [-0.4, -0.2) is 60.5 Å². The SMILES string of the molecule is O=C(C[C@H]1CN(C(=O)COc2ccccc2F)CC[C@@H]1Oc1cccc(Cl)c1)N1CCCCC1. The summed E-state index contributed by atoms with van der Waals surface area (Å²) in [6, 6.07) is 13.2. The lowest BCUT2D eigenvalue weighted by Gasteiger charge is -2.39. The van der Waals surface area contributed by atoms with Crippen molar-refractivity contribution in [1.29, 1.82) is 0 Å². The van der Waals surface area contributed by atoms with Gasteiger partial charge in [0, 0.05) is 50.0 Å². The maximum absolute atomic E-state index is 13.8. The van der Waals surface area contributed by atoms with E-state index in [9.17, 15) is 14.0 Å². The van der Waals surface area contributed by atoms with Crippen molar-refractivity contribution in [1.82, 2.24) is 9.80 Å². The third-order valence-electron chi connectivity index (χ3n) is 6.43. The average Bonchev–Trinajstić information content (AvgIpc) is 2.85. The van der Waals surface area contributed by atoms with E-state index in [-0.39, 0.29) is 36.2 Å². The molecule has 0 saturated carbocycles. The summed E-state index contributed by atoms with van der Waals surface area (Å²) in [6.45, 7) is 2.16. The van der Waals surface area contributed by atoms with Gasteiger partial charge in [-0.2, -0.15) is 0 Å². The first kappa shape index (κ1) is 24.3. The van der Waals surface area contributed by atoms with Crippen molar-refractivity contribution in [3.63, 3.8) is 0 Å². The van der Waals surface area contributed by atoms with Gasteiger partial charge in [0.25, 0.3) is 5.91 Å². The second-order valence-corrected chi connectivity index (χ2v) is 9.30. The second kappa shape index (κ2) is 11.6. The molecular weight excluding hydrogens is 459 g/mol. The molecule has 2 fully saturated rings. The summed E-state index contributed by atoms with van der Waals surface area (Å²) in [5.41, 5.74) is 0. The fraction of sp³-hybridized carbons (Fsp3) is 0.462. The Kier molecular flexibility index (Phi) is 8.27. The highest BCUT2D eigenvalue weighted by atomic mass is 35.5. The summed E-state index contributed by atoms with van der Waals surface area (Å²) in [6.07, 6.45) is 3.87. The molecule has 34 heavy (non-hydrogen) atoms. The number of para-hydroxylation sites is 1. The largest absolute Gasteiger partial charge is 0.490 e. The summed E-state index contributed by atoms with van der Waals surface area (Å²) < 4.78 is 25.5. The fourth-order valence-corrected chi connectivity index (χ4v) is 4.77. The Morgan fingerprint density at radius 1 is 0.971 bits per heavy atom.